The maximum Gasteiger partial charge on any atom is 0.123 e. The third kappa shape index (κ3) is 2.26. The van der Waals surface area contributed by atoms with Gasteiger partial charge in [-0.25, -0.2) is 0 Å². The number of rotatable bonds is 3. The first kappa shape index (κ1) is 13.4. The summed E-state index contributed by atoms with van der Waals surface area (Å²) in [6.45, 7) is 6.72. The molecule has 0 heterocycles. The summed E-state index contributed by atoms with van der Waals surface area (Å²) >= 11 is 0. The molecule has 0 spiro atoms. The van der Waals surface area contributed by atoms with E-state index in [4.69, 9.17) is 4.74 Å². The van der Waals surface area contributed by atoms with Crippen LogP contribution in [0.3, 0.4) is 0 Å². The highest BCUT2D eigenvalue weighted by Gasteiger charge is 2.38. The molecular weight excluding hydrogens is 222 g/mol. The first-order valence-electron chi connectivity index (χ1n) is 6.83. The number of ether oxygens (including phenoxy) is 1. The zero-order valence-corrected chi connectivity index (χ0v) is 12.3. The number of aryl methyl sites for hydroxylation is 2. The molecule has 0 aromatic heterocycles. The van der Waals surface area contributed by atoms with Gasteiger partial charge in [-0.05, 0) is 62.8 Å². The van der Waals surface area contributed by atoms with Crippen LogP contribution in [0.2, 0.25) is 0 Å². The van der Waals surface area contributed by atoms with E-state index in [1.807, 2.05) is 0 Å². The third-order valence-corrected chi connectivity index (χ3v) is 4.42. The van der Waals surface area contributed by atoms with E-state index in [1.165, 1.54) is 36.0 Å². The minimum absolute atomic E-state index is 0.247. The SMILES string of the molecule is CNC1CCC(C)(c2c(C)cc(C)cc2OC)C1. The predicted octanol–water partition coefficient (Wildman–Crippen LogP) is 3.34. The lowest BCUT2D eigenvalue weighted by atomic mass is 9.77. The van der Waals surface area contributed by atoms with Crippen LogP contribution in [-0.2, 0) is 5.41 Å². The van der Waals surface area contributed by atoms with Crippen LogP contribution in [0.1, 0.15) is 42.9 Å². The fourth-order valence-corrected chi connectivity index (χ4v) is 3.58. The fraction of sp³-hybridized carbons (Fsp3) is 0.625. The summed E-state index contributed by atoms with van der Waals surface area (Å²) in [6, 6.07) is 5.08. The zero-order chi connectivity index (χ0) is 13.3. The highest BCUT2D eigenvalue weighted by molar-refractivity contribution is 5.48. The Morgan fingerprint density at radius 2 is 2.06 bits per heavy atom. The number of benzene rings is 1. The number of hydrogen-bond donors (Lipinski definition) is 1. The molecule has 2 heteroatoms. The Bertz CT molecular complexity index is 441. The van der Waals surface area contributed by atoms with E-state index in [1.54, 1.807) is 7.11 Å². The van der Waals surface area contributed by atoms with Gasteiger partial charge in [-0.15, -0.1) is 0 Å². The molecule has 2 atom stereocenters. The first-order valence-corrected chi connectivity index (χ1v) is 6.83. The van der Waals surface area contributed by atoms with Gasteiger partial charge in [0.15, 0.2) is 0 Å². The van der Waals surface area contributed by atoms with Gasteiger partial charge >= 0.3 is 0 Å². The van der Waals surface area contributed by atoms with Gasteiger partial charge in [-0.3, -0.25) is 0 Å². The third-order valence-electron chi connectivity index (χ3n) is 4.42. The van der Waals surface area contributed by atoms with Crippen LogP contribution in [-0.4, -0.2) is 20.2 Å². The molecule has 1 aromatic carbocycles. The topological polar surface area (TPSA) is 21.3 Å². The molecule has 1 aliphatic carbocycles. The lowest BCUT2D eigenvalue weighted by Crippen LogP contribution is -2.26. The molecule has 100 valence electrons. The van der Waals surface area contributed by atoms with Crippen molar-refractivity contribution >= 4 is 0 Å². The molecule has 0 radical (unpaired) electrons. The Morgan fingerprint density at radius 1 is 1.33 bits per heavy atom. The van der Waals surface area contributed by atoms with E-state index in [0.717, 1.165) is 5.75 Å². The molecule has 2 unspecified atom stereocenters. The molecule has 0 aliphatic heterocycles. The molecule has 1 aromatic rings. The van der Waals surface area contributed by atoms with Gasteiger partial charge in [0, 0.05) is 11.6 Å². The average Bonchev–Trinajstić information content (AvgIpc) is 2.70. The zero-order valence-electron chi connectivity index (χ0n) is 12.3. The Balaban J connectivity index is 2.44. The fourth-order valence-electron chi connectivity index (χ4n) is 3.58. The largest absolute Gasteiger partial charge is 0.496 e. The molecule has 0 amide bonds. The Kier molecular flexibility index (Phi) is 3.67. The van der Waals surface area contributed by atoms with Crippen LogP contribution in [0.4, 0.5) is 0 Å². The predicted molar refractivity (Wildman–Crippen MR) is 76.5 cm³/mol. The number of methoxy groups -OCH3 is 1. The lowest BCUT2D eigenvalue weighted by molar-refractivity contribution is 0.381. The van der Waals surface area contributed by atoms with E-state index in [9.17, 15) is 0 Å². The van der Waals surface area contributed by atoms with Crippen LogP contribution in [0.25, 0.3) is 0 Å². The molecule has 2 nitrogen and oxygen atoms in total. The van der Waals surface area contributed by atoms with E-state index in [0.29, 0.717) is 6.04 Å². The molecule has 1 N–H and O–H groups in total. The van der Waals surface area contributed by atoms with Crippen molar-refractivity contribution < 1.29 is 4.74 Å². The summed E-state index contributed by atoms with van der Waals surface area (Å²) in [5.74, 6) is 1.06. The normalized spacial score (nSPS) is 27.5. The molecule has 0 saturated heterocycles. The Morgan fingerprint density at radius 3 is 2.61 bits per heavy atom. The maximum atomic E-state index is 5.63. The van der Waals surface area contributed by atoms with Crippen molar-refractivity contribution in [1.29, 1.82) is 0 Å². The summed E-state index contributed by atoms with van der Waals surface area (Å²) in [4.78, 5) is 0. The van der Waals surface area contributed by atoms with Crippen LogP contribution >= 0.6 is 0 Å². The van der Waals surface area contributed by atoms with Crippen molar-refractivity contribution in [3.63, 3.8) is 0 Å². The number of nitrogens with one attached hydrogen (secondary N) is 1. The summed E-state index contributed by atoms with van der Waals surface area (Å²) < 4.78 is 5.63. The van der Waals surface area contributed by atoms with Gasteiger partial charge in [0.05, 0.1) is 7.11 Å². The first-order chi connectivity index (χ1) is 8.50. The van der Waals surface area contributed by atoms with Gasteiger partial charge in [0.2, 0.25) is 0 Å². The quantitative estimate of drug-likeness (QED) is 0.884. The maximum absolute atomic E-state index is 5.63. The van der Waals surface area contributed by atoms with Gasteiger partial charge < -0.3 is 10.1 Å². The second kappa shape index (κ2) is 4.93. The van der Waals surface area contributed by atoms with Gasteiger partial charge in [-0.2, -0.15) is 0 Å². The van der Waals surface area contributed by atoms with Crippen molar-refractivity contribution in [2.45, 2.75) is 51.5 Å². The molecule has 1 fully saturated rings. The van der Waals surface area contributed by atoms with Crippen LogP contribution in [0.5, 0.6) is 5.75 Å². The Hall–Kier alpha value is -1.02. The molecular formula is C16H25NO. The van der Waals surface area contributed by atoms with E-state index in [-0.39, 0.29) is 5.41 Å². The summed E-state index contributed by atoms with van der Waals surface area (Å²) in [6.07, 6.45) is 3.69. The van der Waals surface area contributed by atoms with Crippen molar-refractivity contribution in [3.05, 3.63) is 28.8 Å². The van der Waals surface area contributed by atoms with E-state index < -0.39 is 0 Å². The van der Waals surface area contributed by atoms with Gasteiger partial charge in [0.25, 0.3) is 0 Å². The number of hydrogen-bond acceptors (Lipinski definition) is 2. The summed E-state index contributed by atoms with van der Waals surface area (Å²) in [5.41, 5.74) is 4.30. The van der Waals surface area contributed by atoms with Crippen LogP contribution < -0.4 is 10.1 Å². The summed E-state index contributed by atoms with van der Waals surface area (Å²) in [5, 5.41) is 3.42. The van der Waals surface area contributed by atoms with Crippen LogP contribution in [0.15, 0.2) is 12.1 Å². The van der Waals surface area contributed by atoms with Crippen molar-refractivity contribution in [1.82, 2.24) is 5.32 Å². The van der Waals surface area contributed by atoms with Crippen LogP contribution in [0, 0.1) is 13.8 Å². The lowest BCUT2D eigenvalue weighted by Gasteiger charge is -2.29. The Labute approximate surface area is 111 Å². The highest BCUT2D eigenvalue weighted by Crippen LogP contribution is 2.46. The second-order valence-corrected chi connectivity index (χ2v) is 5.95. The van der Waals surface area contributed by atoms with E-state index >= 15 is 0 Å². The van der Waals surface area contributed by atoms with Gasteiger partial charge in [-0.1, -0.05) is 13.0 Å². The average molecular weight is 247 g/mol. The summed E-state index contributed by atoms with van der Waals surface area (Å²) in [7, 11) is 3.85. The van der Waals surface area contributed by atoms with E-state index in [2.05, 4.69) is 45.3 Å². The highest BCUT2D eigenvalue weighted by atomic mass is 16.5. The second-order valence-electron chi connectivity index (χ2n) is 5.95. The smallest absolute Gasteiger partial charge is 0.123 e. The van der Waals surface area contributed by atoms with Gasteiger partial charge in [0.1, 0.15) is 5.75 Å². The molecule has 1 saturated carbocycles. The van der Waals surface area contributed by atoms with Crippen molar-refractivity contribution in [2.75, 3.05) is 14.2 Å². The molecule has 18 heavy (non-hydrogen) atoms. The molecule has 0 bridgehead atoms. The van der Waals surface area contributed by atoms with Crippen molar-refractivity contribution in [2.24, 2.45) is 0 Å². The monoisotopic (exact) mass is 247 g/mol. The minimum Gasteiger partial charge on any atom is -0.496 e. The molecule has 1 aliphatic rings. The van der Waals surface area contributed by atoms with Crippen molar-refractivity contribution in [3.8, 4) is 5.75 Å². The minimum atomic E-state index is 0.247. The standard InChI is InChI=1S/C16H25NO/c1-11-8-12(2)15(14(9-11)18-5)16(3)7-6-13(10-16)17-4/h8-9,13,17H,6-7,10H2,1-5H3. The molecule has 2 rings (SSSR count).